The van der Waals surface area contributed by atoms with Crippen LogP contribution in [0.4, 0.5) is 0 Å². The quantitative estimate of drug-likeness (QED) is 0.861. The predicted octanol–water partition coefficient (Wildman–Crippen LogP) is 2.68. The number of nitrogens with two attached hydrogens (primary N) is 1. The Labute approximate surface area is 118 Å². The molecule has 0 saturated carbocycles. The molecular formula is C14H29ClN2O. The molecular weight excluding hydrogens is 248 g/mol. The van der Waals surface area contributed by atoms with Crippen molar-refractivity contribution in [1.29, 1.82) is 0 Å². The lowest BCUT2D eigenvalue weighted by molar-refractivity contribution is -0.133. The standard InChI is InChI=1S/C14H28N2O.ClH/c1-10(14(3,4)5)6-13(17)16-9-12(8-15)7-11(16)2;/h10-12H,6-9,15H2,1-5H3;1H. The van der Waals surface area contributed by atoms with E-state index in [1.165, 1.54) is 0 Å². The second kappa shape index (κ2) is 6.76. The van der Waals surface area contributed by atoms with E-state index in [1.807, 2.05) is 4.90 Å². The van der Waals surface area contributed by atoms with Crippen LogP contribution >= 0.6 is 12.4 Å². The van der Waals surface area contributed by atoms with Gasteiger partial charge < -0.3 is 10.6 Å². The molecule has 1 rings (SSSR count). The molecule has 0 bridgehead atoms. The van der Waals surface area contributed by atoms with E-state index < -0.39 is 0 Å². The van der Waals surface area contributed by atoms with E-state index in [0.717, 1.165) is 13.0 Å². The van der Waals surface area contributed by atoms with Gasteiger partial charge in [-0.25, -0.2) is 0 Å². The molecule has 3 nitrogen and oxygen atoms in total. The summed E-state index contributed by atoms with van der Waals surface area (Å²) >= 11 is 0. The lowest BCUT2D eigenvalue weighted by Crippen LogP contribution is -2.36. The van der Waals surface area contributed by atoms with Crippen LogP contribution < -0.4 is 5.73 Å². The van der Waals surface area contributed by atoms with Crippen LogP contribution in [-0.4, -0.2) is 29.9 Å². The van der Waals surface area contributed by atoms with Crippen LogP contribution in [0.25, 0.3) is 0 Å². The first kappa shape index (κ1) is 17.7. The normalized spacial score (nSPS) is 25.8. The highest BCUT2D eigenvalue weighted by Crippen LogP contribution is 2.30. The second-order valence-corrected chi connectivity index (χ2v) is 6.70. The van der Waals surface area contributed by atoms with Gasteiger partial charge >= 0.3 is 0 Å². The van der Waals surface area contributed by atoms with Crippen LogP contribution in [0.15, 0.2) is 0 Å². The summed E-state index contributed by atoms with van der Waals surface area (Å²) in [6, 6.07) is 0.364. The van der Waals surface area contributed by atoms with Gasteiger partial charge in [0.15, 0.2) is 0 Å². The Balaban J connectivity index is 0.00000289. The predicted molar refractivity (Wildman–Crippen MR) is 78.8 cm³/mol. The summed E-state index contributed by atoms with van der Waals surface area (Å²) in [7, 11) is 0. The Morgan fingerprint density at radius 3 is 2.39 bits per heavy atom. The minimum absolute atomic E-state index is 0. The average Bonchev–Trinajstić information content (AvgIpc) is 2.58. The van der Waals surface area contributed by atoms with Crippen LogP contribution in [0.2, 0.25) is 0 Å². The summed E-state index contributed by atoms with van der Waals surface area (Å²) in [6.07, 6.45) is 1.72. The van der Waals surface area contributed by atoms with Crippen molar-refractivity contribution >= 4 is 18.3 Å². The van der Waals surface area contributed by atoms with Gasteiger partial charge in [0, 0.05) is 19.0 Å². The molecule has 3 unspecified atom stereocenters. The molecule has 108 valence electrons. The Morgan fingerprint density at radius 1 is 1.44 bits per heavy atom. The summed E-state index contributed by atoms with van der Waals surface area (Å²) in [5.74, 6) is 1.22. The molecule has 1 saturated heterocycles. The molecule has 1 fully saturated rings. The Morgan fingerprint density at radius 2 is 2.00 bits per heavy atom. The number of rotatable bonds is 3. The summed E-state index contributed by atoms with van der Waals surface area (Å²) in [4.78, 5) is 14.3. The first-order valence-corrected chi connectivity index (χ1v) is 6.75. The fraction of sp³-hybridized carbons (Fsp3) is 0.929. The molecule has 0 aromatic carbocycles. The number of carbonyl (C=O) groups is 1. The van der Waals surface area contributed by atoms with Crippen LogP contribution in [0.5, 0.6) is 0 Å². The molecule has 0 spiro atoms. The maximum Gasteiger partial charge on any atom is 0.223 e. The van der Waals surface area contributed by atoms with E-state index in [0.29, 0.717) is 36.8 Å². The van der Waals surface area contributed by atoms with E-state index in [2.05, 4.69) is 34.6 Å². The molecule has 0 radical (unpaired) electrons. The molecule has 1 aliphatic heterocycles. The fourth-order valence-electron chi connectivity index (χ4n) is 2.35. The van der Waals surface area contributed by atoms with E-state index >= 15 is 0 Å². The lowest BCUT2D eigenvalue weighted by atomic mass is 9.80. The molecule has 1 aliphatic rings. The number of amides is 1. The van der Waals surface area contributed by atoms with Crippen LogP contribution in [0, 0.1) is 17.3 Å². The van der Waals surface area contributed by atoms with Gasteiger partial charge in [0.25, 0.3) is 0 Å². The number of hydrogen-bond donors (Lipinski definition) is 1. The largest absolute Gasteiger partial charge is 0.340 e. The van der Waals surface area contributed by atoms with E-state index in [4.69, 9.17) is 5.73 Å². The highest BCUT2D eigenvalue weighted by molar-refractivity contribution is 5.85. The van der Waals surface area contributed by atoms with Gasteiger partial charge in [0.05, 0.1) is 0 Å². The summed E-state index contributed by atoms with van der Waals surface area (Å²) in [5.41, 5.74) is 5.89. The highest BCUT2D eigenvalue weighted by atomic mass is 35.5. The van der Waals surface area contributed by atoms with Gasteiger partial charge in [-0.3, -0.25) is 4.79 Å². The first-order valence-electron chi connectivity index (χ1n) is 6.75. The Kier molecular flexibility index (Phi) is 6.66. The third-order valence-electron chi connectivity index (χ3n) is 4.27. The summed E-state index contributed by atoms with van der Waals surface area (Å²) < 4.78 is 0. The average molecular weight is 277 g/mol. The minimum atomic E-state index is 0. The van der Waals surface area contributed by atoms with Crippen molar-refractivity contribution in [3.05, 3.63) is 0 Å². The molecule has 18 heavy (non-hydrogen) atoms. The van der Waals surface area contributed by atoms with Gasteiger partial charge in [-0.2, -0.15) is 0 Å². The van der Waals surface area contributed by atoms with Crippen molar-refractivity contribution in [2.24, 2.45) is 23.0 Å². The maximum absolute atomic E-state index is 12.3. The van der Waals surface area contributed by atoms with Crippen molar-refractivity contribution in [2.45, 2.75) is 53.5 Å². The van der Waals surface area contributed by atoms with Crippen molar-refractivity contribution in [2.75, 3.05) is 13.1 Å². The molecule has 0 aromatic rings. The first-order chi connectivity index (χ1) is 7.75. The van der Waals surface area contributed by atoms with Gasteiger partial charge in [-0.15, -0.1) is 12.4 Å². The third-order valence-corrected chi connectivity index (χ3v) is 4.27. The zero-order chi connectivity index (χ0) is 13.2. The van der Waals surface area contributed by atoms with Crippen molar-refractivity contribution < 1.29 is 4.79 Å². The molecule has 1 heterocycles. The highest BCUT2D eigenvalue weighted by Gasteiger charge is 2.33. The number of carbonyl (C=O) groups excluding carboxylic acids is 1. The Bertz CT molecular complexity index is 275. The van der Waals surface area contributed by atoms with Gasteiger partial charge in [0.2, 0.25) is 5.91 Å². The topological polar surface area (TPSA) is 46.3 Å². The number of nitrogens with zero attached hydrogens (tertiary/aromatic N) is 1. The van der Waals surface area contributed by atoms with Crippen molar-refractivity contribution in [1.82, 2.24) is 4.90 Å². The van der Waals surface area contributed by atoms with Crippen molar-refractivity contribution in [3.8, 4) is 0 Å². The molecule has 4 heteroatoms. The Hall–Kier alpha value is -0.280. The monoisotopic (exact) mass is 276 g/mol. The van der Waals surface area contributed by atoms with Gasteiger partial charge in [-0.1, -0.05) is 27.7 Å². The zero-order valence-electron chi connectivity index (χ0n) is 12.4. The fourth-order valence-corrected chi connectivity index (χ4v) is 2.35. The maximum atomic E-state index is 12.3. The molecule has 1 amide bonds. The number of hydrogen-bond acceptors (Lipinski definition) is 2. The summed E-state index contributed by atoms with van der Waals surface area (Å²) in [6.45, 7) is 12.4. The van der Waals surface area contributed by atoms with Gasteiger partial charge in [0.1, 0.15) is 0 Å². The van der Waals surface area contributed by atoms with Crippen LogP contribution in [0.1, 0.15) is 47.5 Å². The SMILES string of the molecule is CC1CC(CN)CN1C(=O)CC(C)C(C)(C)C.Cl. The molecule has 2 N–H and O–H groups in total. The van der Waals surface area contributed by atoms with Crippen molar-refractivity contribution in [3.63, 3.8) is 0 Å². The van der Waals surface area contributed by atoms with E-state index in [1.54, 1.807) is 0 Å². The lowest BCUT2D eigenvalue weighted by Gasteiger charge is -2.30. The van der Waals surface area contributed by atoms with Crippen LogP contribution in [-0.2, 0) is 4.79 Å². The van der Waals surface area contributed by atoms with Gasteiger partial charge in [-0.05, 0) is 37.1 Å². The van der Waals surface area contributed by atoms with E-state index in [9.17, 15) is 4.79 Å². The minimum Gasteiger partial charge on any atom is -0.340 e. The smallest absolute Gasteiger partial charge is 0.223 e. The molecule has 3 atom stereocenters. The van der Waals surface area contributed by atoms with E-state index in [-0.39, 0.29) is 17.8 Å². The number of halogens is 1. The number of likely N-dealkylation sites (tertiary alicyclic amines) is 1. The second-order valence-electron chi connectivity index (χ2n) is 6.70. The molecule has 0 aromatic heterocycles. The summed E-state index contributed by atoms with van der Waals surface area (Å²) in [5, 5.41) is 0. The zero-order valence-corrected chi connectivity index (χ0v) is 13.2. The molecule has 0 aliphatic carbocycles. The third kappa shape index (κ3) is 4.43. The van der Waals surface area contributed by atoms with Crippen LogP contribution in [0.3, 0.4) is 0 Å².